The molecule has 1 rings (SSSR count). The van der Waals surface area contributed by atoms with Crippen LogP contribution in [0, 0.1) is 5.41 Å². The Labute approximate surface area is 120 Å². The van der Waals surface area contributed by atoms with Crippen molar-refractivity contribution >= 4 is 22.4 Å². The quantitative estimate of drug-likeness (QED) is 0.781. The van der Waals surface area contributed by atoms with E-state index in [1.165, 1.54) is 0 Å². The van der Waals surface area contributed by atoms with Crippen LogP contribution in [0.3, 0.4) is 0 Å². The predicted octanol–water partition coefficient (Wildman–Crippen LogP) is 3.99. The molecule has 0 amide bonds. The fourth-order valence-electron chi connectivity index (χ4n) is 4.09. The third kappa shape index (κ3) is 3.50. The second-order valence-corrected chi connectivity index (χ2v) is 18.1. The summed E-state index contributed by atoms with van der Waals surface area (Å²) < 4.78 is 2.79. The first-order valence-electron chi connectivity index (χ1n) is 7.47. The minimum atomic E-state index is -1.40. The molecule has 1 N–H and O–H groups in total. The highest BCUT2D eigenvalue weighted by Gasteiger charge is 2.49. The first kappa shape index (κ1) is 16.9. The van der Waals surface area contributed by atoms with E-state index in [0.717, 1.165) is 25.7 Å². The smallest absolute Gasteiger partial charge is 0.309 e. The predicted molar refractivity (Wildman–Crippen MR) is 86.5 cm³/mol. The average molecular weight is 302 g/mol. The Kier molecular flexibility index (Phi) is 4.75. The lowest BCUT2D eigenvalue weighted by Crippen LogP contribution is -2.63. The van der Waals surface area contributed by atoms with Gasteiger partial charge in [-0.25, -0.2) is 0 Å². The Hall–Kier alpha value is -0.136. The maximum atomic E-state index is 11.6. The molecule has 2 unspecified atom stereocenters. The molecule has 5 heteroatoms. The molecule has 1 aliphatic rings. The molecule has 0 radical (unpaired) electrons. The fraction of sp³-hybridized carbons (Fsp3) is 0.929. The van der Waals surface area contributed by atoms with Crippen LogP contribution >= 0.6 is 0 Å². The number of rotatable bonds is 5. The van der Waals surface area contributed by atoms with Crippen LogP contribution in [0.15, 0.2) is 0 Å². The van der Waals surface area contributed by atoms with E-state index in [1.54, 1.807) is 0 Å². The summed E-state index contributed by atoms with van der Waals surface area (Å²) in [6.45, 7) is 16.4. The molecule has 1 aliphatic carbocycles. The van der Waals surface area contributed by atoms with Crippen molar-refractivity contribution in [2.75, 3.05) is 0 Å². The first-order valence-corrected chi connectivity index (χ1v) is 14.4. The molecular weight excluding hydrogens is 270 g/mol. The molecule has 0 heterocycles. The lowest BCUT2D eigenvalue weighted by molar-refractivity contribution is -0.149. The summed E-state index contributed by atoms with van der Waals surface area (Å²) in [6, 6.07) is 0.495. The highest BCUT2D eigenvalue weighted by Crippen LogP contribution is 2.45. The SMILES string of the molecule is CCC1(C(=O)O)CCC(N([Si](C)(C)C)[Si](C)(C)C)C1. The van der Waals surface area contributed by atoms with Crippen LogP contribution in [0.2, 0.25) is 39.3 Å². The van der Waals surface area contributed by atoms with E-state index >= 15 is 0 Å². The number of hydrogen-bond donors (Lipinski definition) is 1. The van der Waals surface area contributed by atoms with E-state index < -0.39 is 27.9 Å². The number of carbonyl (C=O) groups is 1. The maximum Gasteiger partial charge on any atom is 0.309 e. The molecule has 2 atom stereocenters. The van der Waals surface area contributed by atoms with Crippen LogP contribution in [0.1, 0.15) is 32.6 Å². The number of aliphatic carboxylic acids is 1. The largest absolute Gasteiger partial charge is 0.481 e. The summed E-state index contributed by atoms with van der Waals surface area (Å²) >= 11 is 0. The van der Waals surface area contributed by atoms with Gasteiger partial charge in [0, 0.05) is 0 Å². The van der Waals surface area contributed by atoms with Gasteiger partial charge in [0.2, 0.25) is 0 Å². The van der Waals surface area contributed by atoms with Crippen molar-refractivity contribution in [1.82, 2.24) is 4.23 Å². The van der Waals surface area contributed by atoms with Crippen molar-refractivity contribution in [1.29, 1.82) is 0 Å². The van der Waals surface area contributed by atoms with Crippen molar-refractivity contribution in [2.45, 2.75) is 77.9 Å². The van der Waals surface area contributed by atoms with Gasteiger partial charge < -0.3 is 9.34 Å². The second-order valence-electron chi connectivity index (χ2n) is 8.05. The minimum Gasteiger partial charge on any atom is -0.481 e. The van der Waals surface area contributed by atoms with Gasteiger partial charge >= 0.3 is 5.97 Å². The molecule has 0 aromatic heterocycles. The van der Waals surface area contributed by atoms with Gasteiger partial charge in [-0.2, -0.15) is 0 Å². The Balaban J connectivity index is 3.01. The van der Waals surface area contributed by atoms with Gasteiger partial charge in [0.25, 0.3) is 0 Å². The highest BCUT2D eigenvalue weighted by atomic mass is 28.4. The van der Waals surface area contributed by atoms with Gasteiger partial charge in [-0.05, 0) is 31.7 Å². The molecule has 0 aromatic rings. The molecule has 1 fully saturated rings. The van der Waals surface area contributed by atoms with Gasteiger partial charge in [0.15, 0.2) is 0 Å². The summed E-state index contributed by atoms with van der Waals surface area (Å²) in [5, 5.41) is 9.57. The van der Waals surface area contributed by atoms with Crippen molar-refractivity contribution in [2.24, 2.45) is 5.41 Å². The summed E-state index contributed by atoms with van der Waals surface area (Å²) in [4.78, 5) is 11.6. The van der Waals surface area contributed by atoms with Crippen LogP contribution in [-0.4, -0.2) is 37.8 Å². The van der Waals surface area contributed by atoms with Crippen LogP contribution < -0.4 is 0 Å². The molecule has 1 saturated carbocycles. The van der Waals surface area contributed by atoms with Gasteiger partial charge in [0.1, 0.15) is 16.5 Å². The third-order valence-corrected chi connectivity index (χ3v) is 12.2. The van der Waals surface area contributed by atoms with Crippen LogP contribution in [-0.2, 0) is 4.79 Å². The monoisotopic (exact) mass is 301 g/mol. The number of carboxylic acids is 1. The zero-order chi connectivity index (χ0) is 15.1. The van der Waals surface area contributed by atoms with Crippen molar-refractivity contribution < 1.29 is 9.90 Å². The van der Waals surface area contributed by atoms with Gasteiger partial charge in [-0.15, -0.1) is 0 Å². The summed E-state index contributed by atoms with van der Waals surface area (Å²) in [7, 11) is -2.79. The molecule has 0 spiro atoms. The standard InChI is InChI=1S/C14H31NO2Si2/c1-8-14(13(16)17)10-9-12(11-14)15(18(2,3)4)19(5,6)7/h12H,8-11H2,1-7H3,(H,16,17). The van der Waals surface area contributed by atoms with Gasteiger partial charge in [0.05, 0.1) is 5.41 Å². The summed E-state index contributed by atoms with van der Waals surface area (Å²) in [5.41, 5.74) is -0.456. The zero-order valence-corrected chi connectivity index (χ0v) is 15.7. The highest BCUT2D eigenvalue weighted by molar-refractivity contribution is 6.89. The second kappa shape index (κ2) is 5.33. The van der Waals surface area contributed by atoms with E-state index in [-0.39, 0.29) is 0 Å². The average Bonchev–Trinajstić information content (AvgIpc) is 2.58. The normalized spacial score (nSPS) is 28.9. The molecular formula is C14H31NO2Si2. The zero-order valence-electron chi connectivity index (χ0n) is 13.7. The van der Waals surface area contributed by atoms with Crippen LogP contribution in [0.4, 0.5) is 0 Å². The number of hydrogen-bond acceptors (Lipinski definition) is 2. The van der Waals surface area contributed by atoms with Gasteiger partial charge in [-0.1, -0.05) is 46.2 Å². The third-order valence-electron chi connectivity index (χ3n) is 4.52. The molecule has 0 bridgehead atoms. The summed E-state index contributed by atoms with van der Waals surface area (Å²) in [6.07, 6.45) is 3.54. The maximum absolute atomic E-state index is 11.6. The van der Waals surface area contributed by atoms with E-state index in [9.17, 15) is 9.90 Å². The molecule has 19 heavy (non-hydrogen) atoms. The number of nitrogens with zero attached hydrogens (tertiary/aromatic N) is 1. The molecule has 0 aromatic carbocycles. The lowest BCUT2D eigenvalue weighted by atomic mass is 9.83. The minimum absolute atomic E-state index is 0.456. The van der Waals surface area contributed by atoms with E-state index in [2.05, 4.69) is 43.5 Å². The van der Waals surface area contributed by atoms with Crippen molar-refractivity contribution in [3.63, 3.8) is 0 Å². The molecule has 3 nitrogen and oxygen atoms in total. The fourth-order valence-corrected chi connectivity index (χ4v) is 14.8. The lowest BCUT2D eigenvalue weighted by Gasteiger charge is -2.48. The Morgan fingerprint density at radius 1 is 1.21 bits per heavy atom. The van der Waals surface area contributed by atoms with E-state index in [0.29, 0.717) is 6.04 Å². The molecule has 0 aliphatic heterocycles. The van der Waals surface area contributed by atoms with E-state index in [1.807, 2.05) is 6.92 Å². The van der Waals surface area contributed by atoms with Crippen LogP contribution in [0.25, 0.3) is 0 Å². The van der Waals surface area contributed by atoms with Crippen molar-refractivity contribution in [3.05, 3.63) is 0 Å². The van der Waals surface area contributed by atoms with Crippen LogP contribution in [0.5, 0.6) is 0 Å². The first-order chi connectivity index (χ1) is 8.44. The number of carboxylic acid groups (broad SMARTS) is 1. The molecule has 112 valence electrons. The Bertz CT molecular complexity index is 332. The Morgan fingerprint density at radius 2 is 1.68 bits per heavy atom. The topological polar surface area (TPSA) is 40.5 Å². The van der Waals surface area contributed by atoms with Gasteiger partial charge in [-0.3, -0.25) is 4.79 Å². The van der Waals surface area contributed by atoms with Crippen molar-refractivity contribution in [3.8, 4) is 0 Å². The Morgan fingerprint density at radius 3 is 1.95 bits per heavy atom. The summed E-state index contributed by atoms with van der Waals surface area (Å²) in [5.74, 6) is -0.580. The molecule has 0 saturated heterocycles. The van der Waals surface area contributed by atoms with E-state index in [4.69, 9.17) is 0 Å².